The zero-order valence-electron chi connectivity index (χ0n) is 51.3. The van der Waals surface area contributed by atoms with E-state index in [1.807, 2.05) is 175 Å². The average Bonchev–Trinajstić information content (AvgIpc) is 2.23. The number of carbonyl (C=O) groups excluding carboxylic acids is 6. The molecule has 2 bridgehead atoms. The molecule has 0 aliphatic carbocycles. The van der Waals surface area contributed by atoms with E-state index < -0.39 is 84.5 Å². The summed E-state index contributed by atoms with van der Waals surface area (Å²) in [7, 11) is 0. The maximum absolute atomic E-state index is 15.1. The number of hydrogen-bond donors (Lipinski definition) is 1. The van der Waals surface area contributed by atoms with E-state index in [2.05, 4.69) is 15.1 Å². The second kappa shape index (κ2) is 27.7. The predicted octanol–water partition coefficient (Wildman–Crippen LogP) is 11.9. The van der Waals surface area contributed by atoms with Gasteiger partial charge >= 0.3 is 36.1 Å². The van der Waals surface area contributed by atoms with Crippen molar-refractivity contribution in [3.05, 3.63) is 156 Å². The molecule has 4 fully saturated rings. The van der Waals surface area contributed by atoms with Crippen LogP contribution < -0.4 is 15.1 Å². The van der Waals surface area contributed by atoms with E-state index in [0.29, 0.717) is 65.1 Å². The molecule has 4 saturated heterocycles. The molecular weight excluding hydrogens is 1100 g/mol. The maximum atomic E-state index is 15.1. The fourth-order valence-electron chi connectivity index (χ4n) is 13.4. The Morgan fingerprint density at radius 2 is 0.862 bits per heavy atom. The third-order valence-corrected chi connectivity index (χ3v) is 17.8. The van der Waals surface area contributed by atoms with Gasteiger partial charge in [-0.2, -0.15) is 0 Å². The van der Waals surface area contributed by atoms with Crippen LogP contribution in [0.25, 0.3) is 21.5 Å². The lowest BCUT2D eigenvalue weighted by Gasteiger charge is -2.37. The van der Waals surface area contributed by atoms with E-state index in [0.717, 1.165) is 55.2 Å². The van der Waals surface area contributed by atoms with Crippen LogP contribution in [0.15, 0.2) is 133 Å². The molecule has 0 saturated carbocycles. The first kappa shape index (κ1) is 61.9. The fraction of sp³-hybridized carbons (Fsp3) is 0.457. The van der Waals surface area contributed by atoms with Gasteiger partial charge in [-0.25, -0.2) is 9.59 Å². The normalized spacial score (nSPS) is 21.1. The van der Waals surface area contributed by atoms with Crippen LogP contribution in [-0.2, 0) is 60.4 Å². The van der Waals surface area contributed by atoms with Crippen LogP contribution in [0.2, 0.25) is 0 Å². The van der Waals surface area contributed by atoms with E-state index >= 15 is 9.59 Å². The first-order valence-corrected chi connectivity index (χ1v) is 31.1. The zero-order chi connectivity index (χ0) is 61.5. The Labute approximate surface area is 510 Å². The van der Waals surface area contributed by atoms with Crippen molar-refractivity contribution in [1.29, 1.82) is 0 Å². The smallest absolute Gasteiger partial charge is 0.413 e. The minimum absolute atomic E-state index is 0.175. The highest BCUT2D eigenvalue weighted by Gasteiger charge is 2.56. The summed E-state index contributed by atoms with van der Waals surface area (Å²) in [5.74, 6) is -4.87. The van der Waals surface area contributed by atoms with Gasteiger partial charge in [0.25, 0.3) is 12.6 Å². The van der Waals surface area contributed by atoms with Gasteiger partial charge < -0.3 is 43.5 Å². The second-order valence-electron chi connectivity index (χ2n) is 24.3. The molecule has 10 atom stereocenters. The molecule has 4 aliphatic heterocycles. The molecule has 460 valence electrons. The van der Waals surface area contributed by atoms with Crippen molar-refractivity contribution < 1.29 is 57.2 Å². The van der Waals surface area contributed by atoms with Crippen molar-refractivity contribution >= 4 is 69.0 Å². The number of carbonyl (C=O) groups is 6. The van der Waals surface area contributed by atoms with Gasteiger partial charge in [0.1, 0.15) is 0 Å². The van der Waals surface area contributed by atoms with Crippen molar-refractivity contribution in [2.45, 2.75) is 143 Å². The third-order valence-electron chi connectivity index (χ3n) is 17.8. The summed E-state index contributed by atoms with van der Waals surface area (Å²) in [5, 5.41) is 7.53. The molecule has 4 aliphatic rings. The third kappa shape index (κ3) is 14.0. The molecular formula is C70H83N5O12. The van der Waals surface area contributed by atoms with Crippen LogP contribution in [0, 0.1) is 23.7 Å². The number of nitrogens with one attached hydrogen (secondary N) is 1. The summed E-state index contributed by atoms with van der Waals surface area (Å²) in [6, 6.07) is 41.5. The van der Waals surface area contributed by atoms with Crippen molar-refractivity contribution in [2.75, 3.05) is 49.2 Å². The van der Waals surface area contributed by atoms with E-state index in [-0.39, 0.29) is 36.9 Å². The van der Waals surface area contributed by atoms with Crippen LogP contribution in [0.4, 0.5) is 21.0 Å². The summed E-state index contributed by atoms with van der Waals surface area (Å²) < 4.78 is 35.6. The molecule has 10 rings (SSSR count). The summed E-state index contributed by atoms with van der Waals surface area (Å²) in [6.07, 6.45) is -1.07. The van der Waals surface area contributed by atoms with Crippen LogP contribution in [-0.4, -0.2) is 122 Å². The number of rotatable bonds is 22. The van der Waals surface area contributed by atoms with Crippen molar-refractivity contribution in [3.8, 4) is 0 Å². The van der Waals surface area contributed by atoms with Gasteiger partial charge in [0.2, 0.25) is 0 Å². The Balaban J connectivity index is 0.848. The Morgan fingerprint density at radius 1 is 0.483 bits per heavy atom. The second-order valence-corrected chi connectivity index (χ2v) is 24.3. The maximum Gasteiger partial charge on any atom is 0.413 e. The fourth-order valence-corrected chi connectivity index (χ4v) is 13.4. The molecule has 1 N–H and O–H groups in total. The molecule has 4 heterocycles. The lowest BCUT2D eigenvalue weighted by atomic mass is 9.79. The van der Waals surface area contributed by atoms with Gasteiger partial charge in [-0.05, 0) is 121 Å². The first-order chi connectivity index (χ1) is 42.0. The van der Waals surface area contributed by atoms with Crippen LogP contribution in [0.5, 0.6) is 0 Å². The molecule has 17 nitrogen and oxygen atoms in total. The highest BCUT2D eigenvalue weighted by atomic mass is 16.7. The minimum atomic E-state index is -1.31. The average molecular weight is 1190 g/mol. The Hall–Kier alpha value is -8.18. The van der Waals surface area contributed by atoms with Crippen molar-refractivity contribution in [1.82, 2.24) is 15.1 Å². The number of anilines is 2. The molecule has 17 heteroatoms. The monoisotopic (exact) mass is 1190 g/mol. The van der Waals surface area contributed by atoms with E-state index in [9.17, 15) is 19.2 Å². The molecule has 0 spiro atoms. The molecule has 0 aromatic heterocycles. The first-order valence-electron chi connectivity index (χ1n) is 31.1. The number of nitrogens with zero attached hydrogens (tertiary/aromatic N) is 4. The highest BCUT2D eigenvalue weighted by Crippen LogP contribution is 2.42. The van der Waals surface area contributed by atoms with Gasteiger partial charge in [0.05, 0.1) is 62.1 Å². The van der Waals surface area contributed by atoms with Crippen molar-refractivity contribution in [2.24, 2.45) is 23.7 Å². The van der Waals surface area contributed by atoms with Crippen LogP contribution >= 0.6 is 0 Å². The number of esters is 4. The standard InChI is InChI=1S/C70H83N5O12/c1-9-82-61(76)39-47-25-29-51(30-26-47)72-37-35-53(41-72)74(45(7)55-23-15-19-49-17-11-13-21-57(49)55)69(80)86-67(43(3)4)84-65(78)63-59-33-34-60(71-59)64(63)66(79)85-68(44(5)6)87-70(81)75(46(8)56-24-16-20-50-18-12-14-22-58(50)56)54-36-38-73(42-54)52-31-27-48(28-32-52)40-62(77)83-10-2/h11-32,43-46,53-54,59-60,63-64,67-68,71H,9-10,33-42H2,1-8H3/t45-,46-,53+,54+,59-,60+,63?,64-,67?,68?/m1/s1. The highest BCUT2D eigenvalue weighted by molar-refractivity contribution is 5.88. The topological polar surface area (TPSA) is 183 Å². The number of fused-ring (bicyclic) bond motifs is 4. The van der Waals surface area contributed by atoms with E-state index in [1.165, 1.54) is 0 Å². The lowest BCUT2D eigenvalue weighted by molar-refractivity contribution is -0.194. The molecule has 87 heavy (non-hydrogen) atoms. The summed E-state index contributed by atoms with van der Waals surface area (Å²) in [4.78, 5) is 92.2. The number of ether oxygens (including phenoxy) is 6. The van der Waals surface area contributed by atoms with Crippen LogP contribution in [0.3, 0.4) is 0 Å². The summed E-state index contributed by atoms with van der Waals surface area (Å²) in [5.41, 5.74) is 5.47. The predicted molar refractivity (Wildman–Crippen MR) is 333 cm³/mol. The minimum Gasteiger partial charge on any atom is -0.466 e. The molecule has 0 radical (unpaired) electrons. The Kier molecular flexibility index (Phi) is 19.7. The lowest BCUT2D eigenvalue weighted by Crippen LogP contribution is -2.48. The molecule has 6 aromatic rings. The quantitative estimate of drug-likeness (QED) is 0.0385. The van der Waals surface area contributed by atoms with Gasteiger partial charge in [0.15, 0.2) is 0 Å². The van der Waals surface area contributed by atoms with Gasteiger partial charge in [-0.15, -0.1) is 0 Å². The van der Waals surface area contributed by atoms with Crippen LogP contribution in [0.1, 0.15) is 115 Å². The van der Waals surface area contributed by atoms with E-state index in [1.54, 1.807) is 23.6 Å². The Morgan fingerprint density at radius 3 is 1.24 bits per heavy atom. The summed E-state index contributed by atoms with van der Waals surface area (Å²) >= 11 is 0. The molecule has 3 unspecified atom stereocenters. The molecule has 6 aromatic carbocycles. The van der Waals surface area contributed by atoms with Crippen molar-refractivity contribution in [3.63, 3.8) is 0 Å². The number of benzene rings is 6. The Bertz CT molecular complexity index is 3180. The SMILES string of the molecule is CCOC(=O)Cc1ccc(N2CC[C@H](N(C(=O)OC(OC(=O)C3[C@H]4CC[C@H](N4)[C@H]3C(=O)OC(OC(=O)N([C@H]3CCN(c4ccc(CC(=O)OCC)cc4)C3)[C@H](C)c3cccc4ccccc34)C(C)C)C(C)C)[C@H](C)c3cccc4ccccc34)C2)cc1. The molecule has 2 amide bonds. The number of amides is 2. The largest absolute Gasteiger partial charge is 0.466 e. The number of hydrogen-bond acceptors (Lipinski definition) is 15. The van der Waals surface area contributed by atoms with Gasteiger partial charge in [-0.3, -0.25) is 29.0 Å². The van der Waals surface area contributed by atoms with Gasteiger partial charge in [0, 0.05) is 61.5 Å². The van der Waals surface area contributed by atoms with E-state index in [4.69, 9.17) is 28.4 Å². The van der Waals surface area contributed by atoms with Gasteiger partial charge in [-0.1, -0.05) is 137 Å². The summed E-state index contributed by atoms with van der Waals surface area (Å²) in [6.45, 7) is 17.8. The zero-order valence-corrected chi connectivity index (χ0v) is 51.3.